The molecule has 22 heavy (non-hydrogen) atoms. The van der Waals surface area contributed by atoms with Crippen LogP contribution in [0.4, 0.5) is 5.69 Å². The van der Waals surface area contributed by atoms with Crippen molar-refractivity contribution in [2.45, 2.75) is 10.1 Å². The van der Waals surface area contributed by atoms with Crippen molar-refractivity contribution in [3.8, 4) is 0 Å². The average Bonchev–Trinajstić information content (AvgIpc) is 2.89. The van der Waals surface area contributed by atoms with Crippen LogP contribution in [0.25, 0.3) is 4.96 Å². The van der Waals surface area contributed by atoms with Gasteiger partial charge in [0, 0.05) is 5.75 Å². The molecule has 2 aromatic heterocycles. The molecule has 0 spiro atoms. The summed E-state index contributed by atoms with van der Waals surface area (Å²) in [5, 5.41) is 14.5. The Morgan fingerprint density at radius 3 is 2.77 bits per heavy atom. The second-order valence-electron chi connectivity index (χ2n) is 4.15. The van der Waals surface area contributed by atoms with Gasteiger partial charge in [0.05, 0.1) is 4.92 Å². The molecule has 1 aromatic carbocycles. The fraction of sp³-hybridized carbons (Fsp3) is 0.0833. The zero-order valence-electron chi connectivity index (χ0n) is 10.8. The second kappa shape index (κ2) is 6.03. The van der Waals surface area contributed by atoms with Gasteiger partial charge in [0.25, 0.3) is 0 Å². The molecule has 10 heteroatoms. The second-order valence-corrected chi connectivity index (χ2v) is 6.69. The van der Waals surface area contributed by atoms with E-state index in [0.717, 1.165) is 21.4 Å². The van der Waals surface area contributed by atoms with Crippen molar-refractivity contribution in [2.24, 2.45) is 0 Å². The molecule has 0 bridgehead atoms. The standard InChI is InChI=1S/C12H7ClN4O3S2/c13-9-8(17(19)20)10(18)16-11(14-9)22-12(15-16)21-6-7-4-2-1-3-5-7/h1-5H,6H2. The molecule has 112 valence electrons. The van der Waals surface area contributed by atoms with E-state index in [1.807, 2.05) is 30.3 Å². The molecular weight excluding hydrogens is 348 g/mol. The summed E-state index contributed by atoms with van der Waals surface area (Å²) in [5.74, 6) is 0.672. The molecule has 2 heterocycles. The lowest BCUT2D eigenvalue weighted by Crippen LogP contribution is -2.19. The average molecular weight is 355 g/mol. The first-order chi connectivity index (χ1) is 10.6. The number of hydrogen-bond donors (Lipinski definition) is 0. The van der Waals surface area contributed by atoms with E-state index in [2.05, 4.69) is 10.1 Å². The van der Waals surface area contributed by atoms with E-state index in [9.17, 15) is 14.9 Å². The lowest BCUT2D eigenvalue weighted by Gasteiger charge is -1.96. The Kier molecular flexibility index (Phi) is 4.10. The van der Waals surface area contributed by atoms with Crippen LogP contribution in [-0.2, 0) is 5.75 Å². The third-order valence-corrected chi connectivity index (χ3v) is 5.09. The molecule has 0 aliphatic rings. The van der Waals surface area contributed by atoms with Gasteiger partial charge < -0.3 is 0 Å². The molecule has 3 rings (SSSR count). The highest BCUT2D eigenvalue weighted by Crippen LogP contribution is 2.28. The minimum atomic E-state index is -0.872. The topological polar surface area (TPSA) is 90.4 Å². The highest BCUT2D eigenvalue weighted by Gasteiger charge is 2.24. The van der Waals surface area contributed by atoms with Crippen LogP contribution in [-0.4, -0.2) is 19.5 Å². The number of fused-ring (bicyclic) bond motifs is 1. The third kappa shape index (κ3) is 2.82. The third-order valence-electron chi connectivity index (χ3n) is 2.71. The number of aromatic nitrogens is 3. The van der Waals surface area contributed by atoms with E-state index in [1.54, 1.807) is 0 Å². The number of hydrogen-bond acceptors (Lipinski definition) is 7. The van der Waals surface area contributed by atoms with Crippen molar-refractivity contribution in [3.05, 3.63) is 61.5 Å². The van der Waals surface area contributed by atoms with Crippen LogP contribution >= 0.6 is 34.7 Å². The van der Waals surface area contributed by atoms with Crippen LogP contribution in [0.2, 0.25) is 5.15 Å². The molecule has 0 unspecified atom stereocenters. The number of halogens is 1. The van der Waals surface area contributed by atoms with Gasteiger partial charge in [-0.2, -0.15) is 9.50 Å². The maximum Gasteiger partial charge on any atom is 0.372 e. The Morgan fingerprint density at radius 1 is 1.36 bits per heavy atom. The summed E-state index contributed by atoms with van der Waals surface area (Å²) >= 11 is 8.28. The molecule has 7 nitrogen and oxygen atoms in total. The van der Waals surface area contributed by atoms with Gasteiger partial charge >= 0.3 is 11.2 Å². The van der Waals surface area contributed by atoms with Crippen molar-refractivity contribution in [2.75, 3.05) is 0 Å². The molecule has 3 aromatic rings. The summed E-state index contributed by atoms with van der Waals surface area (Å²) in [6.45, 7) is 0. The molecule has 0 saturated heterocycles. The van der Waals surface area contributed by atoms with Crippen LogP contribution in [0.15, 0.2) is 39.5 Å². The minimum absolute atomic E-state index is 0.233. The molecule has 0 radical (unpaired) electrons. The molecule has 0 N–H and O–H groups in total. The zero-order valence-corrected chi connectivity index (χ0v) is 13.2. The summed E-state index contributed by atoms with van der Waals surface area (Å²) in [5.41, 5.74) is -0.525. The van der Waals surface area contributed by atoms with Crippen LogP contribution in [0.1, 0.15) is 5.56 Å². The Morgan fingerprint density at radius 2 is 2.09 bits per heavy atom. The van der Waals surface area contributed by atoms with Crippen molar-refractivity contribution < 1.29 is 4.92 Å². The summed E-state index contributed by atoms with van der Waals surface area (Å²) < 4.78 is 1.51. The van der Waals surface area contributed by atoms with Crippen molar-refractivity contribution >= 4 is 45.3 Å². The Bertz CT molecular complexity index is 910. The smallest absolute Gasteiger partial charge is 0.259 e. The normalized spacial score (nSPS) is 11.0. The molecule has 0 fully saturated rings. The highest BCUT2D eigenvalue weighted by atomic mass is 35.5. The van der Waals surface area contributed by atoms with E-state index >= 15 is 0 Å². The van der Waals surface area contributed by atoms with E-state index in [-0.39, 0.29) is 4.96 Å². The largest absolute Gasteiger partial charge is 0.372 e. The lowest BCUT2D eigenvalue weighted by atomic mass is 10.2. The van der Waals surface area contributed by atoms with Gasteiger partial charge in [0.15, 0.2) is 4.34 Å². The van der Waals surface area contributed by atoms with Crippen molar-refractivity contribution in [1.82, 2.24) is 14.6 Å². The summed E-state index contributed by atoms with van der Waals surface area (Å²) in [6, 6.07) is 9.75. The summed E-state index contributed by atoms with van der Waals surface area (Å²) in [4.78, 5) is 26.1. The lowest BCUT2D eigenvalue weighted by molar-refractivity contribution is -0.386. The summed E-state index contributed by atoms with van der Waals surface area (Å²) in [6.07, 6.45) is 0. The summed E-state index contributed by atoms with van der Waals surface area (Å²) in [7, 11) is 0. The van der Waals surface area contributed by atoms with Crippen LogP contribution in [0.5, 0.6) is 0 Å². The SMILES string of the molecule is O=c1c([N+](=O)[O-])c(Cl)nc2sc(SCc3ccccc3)nn12. The zero-order chi connectivity index (χ0) is 15.7. The van der Waals surface area contributed by atoms with Crippen LogP contribution in [0, 0.1) is 10.1 Å². The first-order valence-corrected chi connectivity index (χ1v) is 8.15. The Hall–Kier alpha value is -1.97. The van der Waals surface area contributed by atoms with E-state index < -0.39 is 21.3 Å². The monoisotopic (exact) mass is 354 g/mol. The van der Waals surface area contributed by atoms with Gasteiger partial charge in [0.1, 0.15) is 0 Å². The number of nitrogens with zero attached hydrogens (tertiary/aromatic N) is 4. The van der Waals surface area contributed by atoms with Gasteiger partial charge in [-0.3, -0.25) is 14.9 Å². The number of thioether (sulfide) groups is 1. The predicted octanol–water partition coefficient (Wildman–Crippen LogP) is 3.00. The Balaban J connectivity index is 1.95. The quantitative estimate of drug-likeness (QED) is 0.309. The molecule has 0 atom stereocenters. The van der Waals surface area contributed by atoms with E-state index in [0.29, 0.717) is 10.1 Å². The number of rotatable bonds is 4. The predicted molar refractivity (Wildman–Crippen MR) is 84.8 cm³/mol. The van der Waals surface area contributed by atoms with Crippen LogP contribution < -0.4 is 5.56 Å². The van der Waals surface area contributed by atoms with Gasteiger partial charge in [-0.25, -0.2) is 0 Å². The fourth-order valence-corrected chi connectivity index (χ4v) is 3.89. The highest BCUT2D eigenvalue weighted by molar-refractivity contribution is 8.00. The van der Waals surface area contributed by atoms with Crippen molar-refractivity contribution in [3.63, 3.8) is 0 Å². The minimum Gasteiger partial charge on any atom is -0.259 e. The van der Waals surface area contributed by atoms with Crippen LogP contribution in [0.3, 0.4) is 0 Å². The maximum atomic E-state index is 12.0. The van der Waals surface area contributed by atoms with Gasteiger partial charge in [-0.15, -0.1) is 5.10 Å². The number of nitro groups is 1. The number of benzene rings is 1. The molecule has 0 saturated carbocycles. The van der Waals surface area contributed by atoms with Gasteiger partial charge in [-0.05, 0) is 5.56 Å². The molecule has 0 aliphatic heterocycles. The van der Waals surface area contributed by atoms with Gasteiger partial charge in [-0.1, -0.05) is 65.0 Å². The molecule has 0 amide bonds. The Labute approximate surface area is 136 Å². The molecular formula is C12H7ClN4O3S2. The first-order valence-electron chi connectivity index (χ1n) is 5.97. The molecule has 0 aliphatic carbocycles. The van der Waals surface area contributed by atoms with Crippen molar-refractivity contribution in [1.29, 1.82) is 0 Å². The van der Waals surface area contributed by atoms with Gasteiger partial charge in [0.2, 0.25) is 10.1 Å². The first kappa shape index (κ1) is 14.9. The van der Waals surface area contributed by atoms with E-state index in [4.69, 9.17) is 11.6 Å². The van der Waals surface area contributed by atoms with E-state index in [1.165, 1.54) is 11.8 Å². The fourth-order valence-electron chi connectivity index (χ4n) is 1.73. The maximum absolute atomic E-state index is 12.0.